The Morgan fingerprint density at radius 3 is 2.92 bits per heavy atom. The number of aromatic nitrogens is 1. The third kappa shape index (κ3) is 2.42. The van der Waals surface area contributed by atoms with Gasteiger partial charge in [-0.15, -0.1) is 0 Å². The zero-order valence-corrected chi connectivity index (χ0v) is 7.16. The van der Waals surface area contributed by atoms with Crippen molar-refractivity contribution in [2.75, 3.05) is 0 Å². The highest BCUT2D eigenvalue weighted by Crippen LogP contribution is 2.01. The molecule has 0 aromatic carbocycles. The van der Waals surface area contributed by atoms with Crippen LogP contribution < -0.4 is 0 Å². The minimum absolute atomic E-state index is 0.192. The maximum Gasteiger partial charge on any atom is 0.150 e. The van der Waals surface area contributed by atoms with Crippen molar-refractivity contribution in [2.45, 2.75) is 19.9 Å². The Morgan fingerprint density at radius 2 is 2.33 bits per heavy atom. The van der Waals surface area contributed by atoms with Crippen LogP contribution in [0.15, 0.2) is 23.5 Å². The van der Waals surface area contributed by atoms with Crippen LogP contribution in [0.2, 0.25) is 0 Å². The van der Waals surface area contributed by atoms with Crippen molar-refractivity contribution in [2.24, 2.45) is 4.99 Å². The number of pyridine rings is 1. The number of aliphatic imine (C=N–C) groups is 1. The number of hydrogen-bond donors (Lipinski definition) is 0. The molecule has 12 heavy (non-hydrogen) atoms. The lowest BCUT2D eigenvalue weighted by Gasteiger charge is -1.96. The summed E-state index contributed by atoms with van der Waals surface area (Å²) in [6, 6.07) is 1.79. The van der Waals surface area contributed by atoms with Gasteiger partial charge in [-0.2, -0.15) is 0 Å². The first kappa shape index (κ1) is 8.84. The third-order valence-electron chi connectivity index (χ3n) is 1.32. The summed E-state index contributed by atoms with van der Waals surface area (Å²) in [5, 5.41) is 0. The van der Waals surface area contributed by atoms with Crippen LogP contribution in [0.1, 0.15) is 19.4 Å². The smallest absolute Gasteiger partial charge is 0.150 e. The molecule has 64 valence electrons. The summed E-state index contributed by atoms with van der Waals surface area (Å²) in [7, 11) is 0. The van der Waals surface area contributed by atoms with E-state index in [-0.39, 0.29) is 11.9 Å². The average Bonchev–Trinajstić information content (AvgIpc) is 2.03. The van der Waals surface area contributed by atoms with E-state index in [2.05, 4.69) is 9.98 Å². The zero-order valence-electron chi connectivity index (χ0n) is 7.16. The lowest BCUT2D eigenvalue weighted by atomic mass is 10.3. The minimum atomic E-state index is -0.332. The highest BCUT2D eigenvalue weighted by atomic mass is 19.1. The van der Waals surface area contributed by atoms with Crippen LogP contribution >= 0.6 is 0 Å². The largest absolute Gasteiger partial charge is 0.290 e. The highest BCUT2D eigenvalue weighted by molar-refractivity contribution is 5.79. The number of rotatable bonds is 2. The van der Waals surface area contributed by atoms with E-state index in [9.17, 15) is 4.39 Å². The van der Waals surface area contributed by atoms with Gasteiger partial charge in [0.25, 0.3) is 0 Å². The Bertz CT molecular complexity index is 282. The van der Waals surface area contributed by atoms with Crippen LogP contribution in [0, 0.1) is 5.82 Å². The molecule has 0 saturated heterocycles. The fourth-order valence-electron chi connectivity index (χ4n) is 0.720. The maximum atomic E-state index is 12.9. The van der Waals surface area contributed by atoms with Crippen LogP contribution in [0.25, 0.3) is 0 Å². The monoisotopic (exact) mass is 166 g/mol. The first-order valence-electron chi connectivity index (χ1n) is 3.83. The van der Waals surface area contributed by atoms with Crippen molar-refractivity contribution in [3.05, 3.63) is 29.8 Å². The van der Waals surface area contributed by atoms with Gasteiger partial charge in [-0.1, -0.05) is 0 Å². The summed E-state index contributed by atoms with van der Waals surface area (Å²) < 4.78 is 12.9. The minimum Gasteiger partial charge on any atom is -0.290 e. The first-order chi connectivity index (χ1) is 5.70. The Hall–Kier alpha value is -1.25. The molecule has 0 bridgehead atoms. The van der Waals surface area contributed by atoms with Gasteiger partial charge in [-0.3, -0.25) is 9.98 Å². The van der Waals surface area contributed by atoms with Gasteiger partial charge in [0.15, 0.2) is 0 Å². The summed E-state index contributed by atoms with van der Waals surface area (Å²) in [5.41, 5.74) is 0.485. The first-order valence-corrected chi connectivity index (χ1v) is 3.83. The van der Waals surface area contributed by atoms with Crippen molar-refractivity contribution in [3.8, 4) is 0 Å². The summed E-state index contributed by atoms with van der Waals surface area (Å²) in [6.45, 7) is 3.88. The lowest BCUT2D eigenvalue weighted by Crippen LogP contribution is -1.93. The van der Waals surface area contributed by atoms with Crippen LogP contribution in [0.3, 0.4) is 0 Å². The summed E-state index contributed by atoms with van der Waals surface area (Å²) in [6.07, 6.45) is 4.26. The summed E-state index contributed by atoms with van der Waals surface area (Å²) in [4.78, 5) is 7.70. The predicted molar refractivity (Wildman–Crippen MR) is 46.9 cm³/mol. The van der Waals surface area contributed by atoms with E-state index in [4.69, 9.17) is 0 Å². The second-order valence-electron chi connectivity index (χ2n) is 2.77. The second-order valence-corrected chi connectivity index (χ2v) is 2.77. The highest BCUT2D eigenvalue weighted by Gasteiger charge is 1.96. The maximum absolute atomic E-state index is 12.9. The van der Waals surface area contributed by atoms with Gasteiger partial charge in [0, 0.05) is 24.0 Å². The molecule has 0 aliphatic heterocycles. The van der Waals surface area contributed by atoms with E-state index < -0.39 is 0 Å². The van der Waals surface area contributed by atoms with E-state index in [1.165, 1.54) is 12.4 Å². The standard InChI is InChI=1S/C9H11FN2/c1-7(2)12-5-8-3-4-11-6-9(8)10/h3-7H,1-2H3. The molecule has 0 spiro atoms. The number of hydrogen-bond acceptors (Lipinski definition) is 2. The lowest BCUT2D eigenvalue weighted by molar-refractivity contribution is 0.619. The van der Waals surface area contributed by atoms with Gasteiger partial charge >= 0.3 is 0 Å². The third-order valence-corrected chi connectivity index (χ3v) is 1.32. The molecule has 0 saturated carbocycles. The molecule has 0 amide bonds. The molecule has 0 unspecified atom stereocenters. The van der Waals surface area contributed by atoms with Gasteiger partial charge < -0.3 is 0 Å². The number of halogens is 1. The molecule has 0 N–H and O–H groups in total. The molecule has 0 atom stereocenters. The molecule has 0 fully saturated rings. The molecular weight excluding hydrogens is 155 g/mol. The van der Waals surface area contributed by atoms with Gasteiger partial charge in [0.2, 0.25) is 0 Å². The van der Waals surface area contributed by atoms with E-state index in [1.807, 2.05) is 13.8 Å². The van der Waals surface area contributed by atoms with Gasteiger partial charge in [-0.25, -0.2) is 4.39 Å². The summed E-state index contributed by atoms with van der Waals surface area (Å²) >= 11 is 0. The Kier molecular flexibility index (Phi) is 2.91. The molecular formula is C9H11FN2. The average molecular weight is 166 g/mol. The van der Waals surface area contributed by atoms with Crippen LogP contribution in [0.5, 0.6) is 0 Å². The van der Waals surface area contributed by atoms with Crippen LogP contribution in [-0.4, -0.2) is 17.2 Å². The van der Waals surface area contributed by atoms with Crippen molar-refractivity contribution >= 4 is 6.21 Å². The number of nitrogens with zero attached hydrogens (tertiary/aromatic N) is 2. The molecule has 0 radical (unpaired) electrons. The van der Waals surface area contributed by atoms with Crippen molar-refractivity contribution in [1.82, 2.24) is 4.98 Å². The molecule has 1 aromatic heterocycles. The SMILES string of the molecule is CC(C)N=Cc1ccncc1F. The molecule has 2 nitrogen and oxygen atoms in total. The Labute approximate surface area is 71.2 Å². The van der Waals surface area contributed by atoms with Gasteiger partial charge in [-0.05, 0) is 19.9 Å². The van der Waals surface area contributed by atoms with Crippen LogP contribution in [-0.2, 0) is 0 Å². The Balaban J connectivity index is 2.82. The normalized spacial score (nSPS) is 11.3. The quantitative estimate of drug-likeness (QED) is 0.617. The molecule has 3 heteroatoms. The van der Waals surface area contributed by atoms with Gasteiger partial charge in [0.05, 0.1) is 6.20 Å². The molecule has 0 aliphatic rings. The van der Waals surface area contributed by atoms with E-state index in [0.717, 1.165) is 0 Å². The molecule has 1 rings (SSSR count). The van der Waals surface area contributed by atoms with Crippen molar-refractivity contribution < 1.29 is 4.39 Å². The zero-order chi connectivity index (χ0) is 8.97. The second kappa shape index (κ2) is 3.95. The Morgan fingerprint density at radius 1 is 1.58 bits per heavy atom. The molecule has 1 aromatic rings. The van der Waals surface area contributed by atoms with E-state index >= 15 is 0 Å². The van der Waals surface area contributed by atoms with Crippen molar-refractivity contribution in [1.29, 1.82) is 0 Å². The van der Waals surface area contributed by atoms with Gasteiger partial charge in [0.1, 0.15) is 5.82 Å². The topological polar surface area (TPSA) is 25.2 Å². The molecule has 0 aliphatic carbocycles. The van der Waals surface area contributed by atoms with E-state index in [1.54, 1.807) is 12.3 Å². The predicted octanol–water partition coefficient (Wildman–Crippen LogP) is 2.05. The van der Waals surface area contributed by atoms with E-state index in [0.29, 0.717) is 5.56 Å². The fraction of sp³-hybridized carbons (Fsp3) is 0.333. The molecule has 1 heterocycles. The van der Waals surface area contributed by atoms with Crippen LogP contribution in [0.4, 0.5) is 4.39 Å². The summed E-state index contributed by atoms with van der Waals surface area (Å²) in [5.74, 6) is -0.332. The fourth-order valence-corrected chi connectivity index (χ4v) is 0.720. The van der Waals surface area contributed by atoms with Crippen molar-refractivity contribution in [3.63, 3.8) is 0 Å².